The summed E-state index contributed by atoms with van der Waals surface area (Å²) < 4.78 is 12.1. The Hall–Kier alpha value is -0.890. The summed E-state index contributed by atoms with van der Waals surface area (Å²) >= 11 is 0. The van der Waals surface area contributed by atoms with Gasteiger partial charge in [0.25, 0.3) is 0 Å². The number of carbonyl (C=O) groups excluding carboxylic acids is 1. The first-order valence-corrected chi connectivity index (χ1v) is 14.9. The molecule has 1 atom stereocenters. The lowest BCUT2D eigenvalue weighted by molar-refractivity contribution is -0.0534. The fourth-order valence-corrected chi connectivity index (χ4v) is 6.82. The standard InChI is InChI=1S/C29H54N4O3/c1-28(2,3)36-27(34)32-16-6-7-24(20-32)21-33-18-17-31(22-29(33,4)5)19-23-8-10-25(11-9-23)35-26-12-14-30-15-13-26/h23-26,30H,6-22H2,1-5H3/t23-,24-,25-/m0/s1. The first-order chi connectivity index (χ1) is 17.1. The topological polar surface area (TPSA) is 57.3 Å². The maximum absolute atomic E-state index is 12.6. The minimum atomic E-state index is -0.429. The third kappa shape index (κ3) is 8.31. The van der Waals surface area contributed by atoms with E-state index in [9.17, 15) is 4.79 Å². The van der Waals surface area contributed by atoms with Crippen LogP contribution in [0.1, 0.15) is 86.0 Å². The Bertz CT molecular complexity index is 695. The Kier molecular flexibility index (Phi) is 9.62. The van der Waals surface area contributed by atoms with Gasteiger partial charge in [-0.25, -0.2) is 4.79 Å². The number of piperazine rings is 1. The van der Waals surface area contributed by atoms with Gasteiger partial charge in [-0.05, 0) is 111 Å². The van der Waals surface area contributed by atoms with Crippen LogP contribution in [0.5, 0.6) is 0 Å². The van der Waals surface area contributed by atoms with Crippen LogP contribution in [0.3, 0.4) is 0 Å². The van der Waals surface area contributed by atoms with E-state index in [1.165, 1.54) is 51.5 Å². The molecule has 0 spiro atoms. The molecule has 1 aliphatic carbocycles. The molecule has 4 fully saturated rings. The summed E-state index contributed by atoms with van der Waals surface area (Å²) in [4.78, 5) is 20.0. The van der Waals surface area contributed by atoms with E-state index in [0.717, 1.165) is 64.7 Å². The first-order valence-electron chi connectivity index (χ1n) is 14.9. The zero-order valence-corrected chi connectivity index (χ0v) is 23.9. The van der Waals surface area contributed by atoms with Gasteiger partial charge in [0, 0.05) is 51.4 Å². The third-order valence-electron chi connectivity index (χ3n) is 8.78. The minimum Gasteiger partial charge on any atom is -0.444 e. The number of carbonyl (C=O) groups is 1. The van der Waals surface area contributed by atoms with Crippen LogP contribution < -0.4 is 5.32 Å². The van der Waals surface area contributed by atoms with E-state index >= 15 is 0 Å². The third-order valence-corrected chi connectivity index (χ3v) is 8.78. The molecule has 4 aliphatic rings. The SMILES string of the molecule is CC(C)(C)OC(=O)N1CCC[C@H](CN2CCN(C[C@H]3CC[C@H](OC4CCNCC4)CC3)CC2(C)C)C1. The second-order valence-electron chi connectivity index (χ2n) is 13.7. The highest BCUT2D eigenvalue weighted by Crippen LogP contribution is 2.31. The molecule has 7 heteroatoms. The minimum absolute atomic E-state index is 0.146. The zero-order valence-electron chi connectivity index (χ0n) is 23.9. The highest BCUT2D eigenvalue weighted by Gasteiger charge is 2.37. The largest absolute Gasteiger partial charge is 0.444 e. The highest BCUT2D eigenvalue weighted by molar-refractivity contribution is 5.68. The van der Waals surface area contributed by atoms with Crippen LogP contribution in [0.15, 0.2) is 0 Å². The van der Waals surface area contributed by atoms with Gasteiger partial charge in [-0.2, -0.15) is 0 Å². The summed E-state index contributed by atoms with van der Waals surface area (Å²) in [5.74, 6) is 1.35. The van der Waals surface area contributed by atoms with Crippen LogP contribution in [0.4, 0.5) is 4.79 Å². The van der Waals surface area contributed by atoms with E-state index in [0.29, 0.717) is 18.1 Å². The maximum Gasteiger partial charge on any atom is 0.410 e. The van der Waals surface area contributed by atoms with Crippen LogP contribution in [-0.4, -0.2) is 103 Å². The highest BCUT2D eigenvalue weighted by atomic mass is 16.6. The van der Waals surface area contributed by atoms with Gasteiger partial charge in [0.2, 0.25) is 0 Å². The van der Waals surface area contributed by atoms with Crippen molar-refractivity contribution in [1.82, 2.24) is 20.0 Å². The average Bonchev–Trinajstić information content (AvgIpc) is 2.82. The molecule has 3 aliphatic heterocycles. The number of nitrogens with zero attached hydrogens (tertiary/aromatic N) is 3. The fourth-order valence-electron chi connectivity index (χ4n) is 6.82. The molecule has 3 heterocycles. The summed E-state index contributed by atoms with van der Waals surface area (Å²) in [6.07, 6.45) is 10.6. The molecular weight excluding hydrogens is 452 g/mol. The number of piperidine rings is 2. The fraction of sp³-hybridized carbons (Fsp3) is 0.966. The molecule has 36 heavy (non-hydrogen) atoms. The van der Waals surface area contributed by atoms with Crippen LogP contribution >= 0.6 is 0 Å². The van der Waals surface area contributed by atoms with E-state index in [-0.39, 0.29) is 11.6 Å². The number of hydrogen-bond donors (Lipinski definition) is 1. The molecule has 4 rings (SSSR count). The van der Waals surface area contributed by atoms with Crippen molar-refractivity contribution in [1.29, 1.82) is 0 Å². The second-order valence-corrected chi connectivity index (χ2v) is 13.7. The maximum atomic E-state index is 12.6. The van der Waals surface area contributed by atoms with Crippen LogP contribution in [0.25, 0.3) is 0 Å². The van der Waals surface area contributed by atoms with Crippen molar-refractivity contribution in [3.63, 3.8) is 0 Å². The Morgan fingerprint density at radius 1 is 0.889 bits per heavy atom. The molecule has 0 aromatic heterocycles. The van der Waals surface area contributed by atoms with E-state index < -0.39 is 5.60 Å². The van der Waals surface area contributed by atoms with Gasteiger partial charge in [-0.3, -0.25) is 9.80 Å². The molecule has 3 saturated heterocycles. The number of ether oxygens (including phenoxy) is 2. The molecule has 1 saturated carbocycles. The van der Waals surface area contributed by atoms with Crippen molar-refractivity contribution in [2.24, 2.45) is 11.8 Å². The lowest BCUT2D eigenvalue weighted by atomic mass is 9.86. The molecule has 7 nitrogen and oxygen atoms in total. The smallest absolute Gasteiger partial charge is 0.410 e. The monoisotopic (exact) mass is 506 g/mol. The normalized spacial score (nSPS) is 31.4. The second kappa shape index (κ2) is 12.3. The molecule has 1 N–H and O–H groups in total. The van der Waals surface area contributed by atoms with Gasteiger partial charge in [0.1, 0.15) is 5.60 Å². The number of likely N-dealkylation sites (tertiary alicyclic amines) is 1. The van der Waals surface area contributed by atoms with Crippen molar-refractivity contribution in [2.45, 2.75) is 109 Å². The number of hydrogen-bond acceptors (Lipinski definition) is 6. The molecule has 208 valence electrons. The number of nitrogens with one attached hydrogen (secondary N) is 1. The number of rotatable bonds is 6. The molecule has 0 radical (unpaired) electrons. The van der Waals surface area contributed by atoms with Gasteiger partial charge >= 0.3 is 6.09 Å². The molecule has 0 aromatic carbocycles. The van der Waals surface area contributed by atoms with Gasteiger partial charge in [0.05, 0.1) is 12.2 Å². The van der Waals surface area contributed by atoms with E-state index in [2.05, 4.69) is 29.0 Å². The van der Waals surface area contributed by atoms with E-state index in [4.69, 9.17) is 9.47 Å². The van der Waals surface area contributed by atoms with Crippen molar-refractivity contribution >= 4 is 6.09 Å². The molecule has 0 bridgehead atoms. The van der Waals surface area contributed by atoms with Crippen LogP contribution in [0, 0.1) is 11.8 Å². The van der Waals surface area contributed by atoms with Crippen LogP contribution in [0.2, 0.25) is 0 Å². The zero-order chi connectivity index (χ0) is 25.8. The number of amides is 1. The Morgan fingerprint density at radius 2 is 1.58 bits per heavy atom. The van der Waals surface area contributed by atoms with Gasteiger partial charge in [-0.15, -0.1) is 0 Å². The summed E-state index contributed by atoms with van der Waals surface area (Å²) in [5.41, 5.74) is -0.260. The summed E-state index contributed by atoms with van der Waals surface area (Å²) in [6, 6.07) is 0. The van der Waals surface area contributed by atoms with E-state index in [1.54, 1.807) is 0 Å². The molecule has 0 aromatic rings. The average molecular weight is 507 g/mol. The van der Waals surface area contributed by atoms with Gasteiger partial charge in [0.15, 0.2) is 0 Å². The Morgan fingerprint density at radius 3 is 2.25 bits per heavy atom. The predicted octanol–water partition coefficient (Wildman–Crippen LogP) is 4.36. The Balaban J connectivity index is 1.18. The predicted molar refractivity (Wildman–Crippen MR) is 145 cm³/mol. The van der Waals surface area contributed by atoms with Gasteiger partial charge < -0.3 is 19.7 Å². The summed E-state index contributed by atoms with van der Waals surface area (Å²) in [7, 11) is 0. The Labute approximate surface area is 220 Å². The van der Waals surface area contributed by atoms with Gasteiger partial charge in [-0.1, -0.05) is 0 Å². The van der Waals surface area contributed by atoms with Crippen molar-refractivity contribution in [2.75, 3.05) is 58.9 Å². The summed E-state index contributed by atoms with van der Waals surface area (Å²) in [5, 5.41) is 3.44. The molecule has 0 unspecified atom stereocenters. The molecule has 1 amide bonds. The lowest BCUT2D eigenvalue weighted by Gasteiger charge is -2.50. The first kappa shape index (κ1) is 28.1. The van der Waals surface area contributed by atoms with E-state index in [1.807, 2.05) is 25.7 Å². The summed E-state index contributed by atoms with van der Waals surface area (Å²) in [6.45, 7) is 20.3. The lowest BCUT2D eigenvalue weighted by Crippen LogP contribution is -2.61. The van der Waals surface area contributed by atoms with Crippen molar-refractivity contribution in [3.05, 3.63) is 0 Å². The van der Waals surface area contributed by atoms with Crippen LogP contribution in [-0.2, 0) is 9.47 Å². The van der Waals surface area contributed by atoms with Crippen molar-refractivity contribution in [3.8, 4) is 0 Å². The molecular formula is C29H54N4O3. The quantitative estimate of drug-likeness (QED) is 0.578. The van der Waals surface area contributed by atoms with Crippen molar-refractivity contribution < 1.29 is 14.3 Å².